The zero-order valence-electron chi connectivity index (χ0n) is 27.1. The van der Waals surface area contributed by atoms with Gasteiger partial charge in [-0.15, -0.1) is 0 Å². The van der Waals surface area contributed by atoms with E-state index >= 15 is 4.79 Å². The number of aromatic hydroxyl groups is 1. The number of phenols is 1. The van der Waals surface area contributed by atoms with Crippen LogP contribution in [0.25, 0.3) is 5.57 Å². The lowest BCUT2D eigenvalue weighted by Gasteiger charge is -2.55. The second-order valence-electron chi connectivity index (χ2n) is 14.1. The zero-order valence-corrected chi connectivity index (χ0v) is 27.1. The molecule has 4 aliphatic rings. The quantitative estimate of drug-likeness (QED) is 0.259. The smallest absolute Gasteiger partial charge is 0.234 e. The van der Waals surface area contributed by atoms with E-state index in [-0.39, 0.29) is 41.3 Å². The molecule has 3 aliphatic carbocycles. The number of carbonyl (C=O) groups excluding carboxylic acids is 4. The fraction of sp³-hybridized carbons (Fsp3) is 0.350. The summed E-state index contributed by atoms with van der Waals surface area (Å²) in [7, 11) is 0. The van der Waals surface area contributed by atoms with Crippen LogP contribution in [0.5, 0.6) is 11.5 Å². The van der Waals surface area contributed by atoms with Crippen molar-refractivity contribution in [2.45, 2.75) is 57.4 Å². The van der Waals surface area contributed by atoms with E-state index < -0.39 is 40.5 Å². The number of imide groups is 1. The number of ketones is 2. The van der Waals surface area contributed by atoms with Crippen molar-refractivity contribution in [3.05, 3.63) is 113 Å². The van der Waals surface area contributed by atoms with Gasteiger partial charge in [0.05, 0.1) is 23.9 Å². The van der Waals surface area contributed by atoms with Crippen molar-refractivity contribution in [2.75, 3.05) is 6.61 Å². The number of benzene rings is 3. The topological polar surface area (TPSA) is 101 Å². The lowest BCUT2D eigenvalue weighted by Crippen LogP contribution is -2.59. The molecule has 3 aromatic carbocycles. The maximum Gasteiger partial charge on any atom is 0.234 e. The Bertz CT molecular complexity index is 1850. The van der Waals surface area contributed by atoms with Gasteiger partial charge >= 0.3 is 0 Å². The number of hydrogen-bond acceptors (Lipinski definition) is 6. The van der Waals surface area contributed by atoms with Gasteiger partial charge < -0.3 is 9.84 Å². The Morgan fingerprint density at radius 1 is 0.894 bits per heavy atom. The largest absolute Gasteiger partial charge is 0.504 e. The fourth-order valence-corrected chi connectivity index (χ4v) is 8.89. The minimum absolute atomic E-state index is 0.0272. The Hall–Kier alpha value is -4.78. The summed E-state index contributed by atoms with van der Waals surface area (Å²) < 4.78 is 5.81. The fourth-order valence-electron chi connectivity index (χ4n) is 8.89. The van der Waals surface area contributed by atoms with E-state index in [2.05, 4.69) is 6.08 Å². The highest BCUT2D eigenvalue weighted by Gasteiger charge is 2.66. The Balaban J connectivity index is 1.51. The van der Waals surface area contributed by atoms with Gasteiger partial charge in [0.2, 0.25) is 11.8 Å². The van der Waals surface area contributed by atoms with Crippen LogP contribution in [0, 0.1) is 23.7 Å². The molecule has 6 unspecified atom stereocenters. The third-order valence-corrected chi connectivity index (χ3v) is 10.7. The summed E-state index contributed by atoms with van der Waals surface area (Å²) in [5.74, 6) is -3.59. The van der Waals surface area contributed by atoms with E-state index in [0.29, 0.717) is 29.7 Å². The number of fused-ring (bicyclic) bond motifs is 4. The Kier molecular flexibility index (Phi) is 7.34. The van der Waals surface area contributed by atoms with Crippen LogP contribution in [0.1, 0.15) is 63.1 Å². The molecule has 0 radical (unpaired) electrons. The first-order valence-corrected chi connectivity index (χ1v) is 16.4. The molecule has 1 saturated heterocycles. The number of carbonyl (C=O) groups is 4. The molecule has 3 aromatic rings. The van der Waals surface area contributed by atoms with Gasteiger partial charge in [0, 0.05) is 22.9 Å². The molecule has 1 saturated carbocycles. The highest BCUT2D eigenvalue weighted by Crippen LogP contribution is 2.64. The molecule has 1 heterocycles. The summed E-state index contributed by atoms with van der Waals surface area (Å²) in [5, 5.41) is 10.7. The van der Waals surface area contributed by atoms with E-state index in [1.807, 2.05) is 88.4 Å². The first-order chi connectivity index (χ1) is 22.5. The monoisotopic (exact) mass is 629 g/mol. The molecule has 0 spiro atoms. The number of amides is 2. The number of hydrogen-bond donors (Lipinski definition) is 1. The predicted octanol–water partition coefficient (Wildman–Crippen LogP) is 6.41. The normalized spacial score (nSPS) is 28.7. The van der Waals surface area contributed by atoms with Gasteiger partial charge in [-0.25, -0.2) is 0 Å². The molecule has 0 bridgehead atoms. The van der Waals surface area contributed by atoms with Crippen LogP contribution in [0.2, 0.25) is 0 Å². The van der Waals surface area contributed by atoms with Gasteiger partial charge in [0.25, 0.3) is 0 Å². The summed E-state index contributed by atoms with van der Waals surface area (Å²) in [6.07, 6.45) is 4.18. The third-order valence-electron chi connectivity index (χ3n) is 10.7. The van der Waals surface area contributed by atoms with Crippen LogP contribution >= 0.6 is 0 Å². The van der Waals surface area contributed by atoms with Gasteiger partial charge in [-0.1, -0.05) is 78.4 Å². The van der Waals surface area contributed by atoms with E-state index in [1.165, 1.54) is 11.0 Å². The van der Waals surface area contributed by atoms with Crippen LogP contribution < -0.4 is 4.74 Å². The van der Waals surface area contributed by atoms with E-state index in [9.17, 15) is 19.5 Å². The average Bonchev–Trinajstić information content (AvgIpc) is 3.33. The number of nitrogens with zero attached hydrogens (tertiary/aromatic N) is 1. The van der Waals surface area contributed by atoms with E-state index in [0.717, 1.165) is 11.1 Å². The first-order valence-electron chi connectivity index (χ1n) is 16.4. The standard InChI is InChI=1S/C40H39NO6/c1-5-47-32-20-24(16-19-31(32)42)35-26-17-18-27-34(38(46)41(37(27)45)39(2,3)4)29(26)21-30-36(44)28(23-12-8-6-9-13-23)22-33(43)40(30,35)25-14-10-7-11-15-25/h6-17,19-20,22,27,29-30,34-35,42H,5,18,21H2,1-4H3. The van der Waals surface area contributed by atoms with Crippen molar-refractivity contribution in [2.24, 2.45) is 23.7 Å². The minimum atomic E-state index is -1.33. The predicted molar refractivity (Wildman–Crippen MR) is 177 cm³/mol. The molecule has 7 nitrogen and oxygen atoms in total. The second-order valence-corrected chi connectivity index (χ2v) is 14.1. The number of Topliss-reactive ketones (excluding diaryl/α,β-unsaturated/α-hetero) is 1. The molecule has 7 heteroatoms. The molecule has 1 aliphatic heterocycles. The van der Waals surface area contributed by atoms with Crippen molar-refractivity contribution < 1.29 is 29.0 Å². The third kappa shape index (κ3) is 4.54. The summed E-state index contributed by atoms with van der Waals surface area (Å²) in [6, 6.07) is 23.8. The number of phenolic OH excluding ortho intramolecular Hbond substituents is 1. The van der Waals surface area contributed by atoms with Crippen molar-refractivity contribution in [3.8, 4) is 11.5 Å². The van der Waals surface area contributed by atoms with Gasteiger partial charge in [0.1, 0.15) is 0 Å². The van der Waals surface area contributed by atoms with Crippen molar-refractivity contribution in [1.29, 1.82) is 0 Å². The number of rotatable bonds is 5. The van der Waals surface area contributed by atoms with Gasteiger partial charge in [-0.05, 0) is 81.4 Å². The molecule has 2 amide bonds. The molecular weight excluding hydrogens is 590 g/mol. The lowest BCUT2D eigenvalue weighted by molar-refractivity contribution is -0.145. The van der Waals surface area contributed by atoms with Crippen LogP contribution in [0.3, 0.4) is 0 Å². The molecule has 2 fully saturated rings. The van der Waals surface area contributed by atoms with Crippen LogP contribution in [0.15, 0.2) is 96.6 Å². The number of allylic oxidation sites excluding steroid dienone is 4. The first kappa shape index (κ1) is 30.9. The Morgan fingerprint density at radius 3 is 2.23 bits per heavy atom. The highest BCUT2D eigenvalue weighted by molar-refractivity contribution is 6.31. The Labute approximate surface area is 274 Å². The zero-order chi connectivity index (χ0) is 33.2. The van der Waals surface area contributed by atoms with Crippen molar-refractivity contribution >= 4 is 29.0 Å². The van der Waals surface area contributed by atoms with E-state index in [4.69, 9.17) is 4.74 Å². The van der Waals surface area contributed by atoms with Gasteiger partial charge in [-0.2, -0.15) is 0 Å². The lowest BCUT2D eigenvalue weighted by atomic mass is 9.44. The number of likely N-dealkylation sites (tertiary alicyclic amines) is 1. The van der Waals surface area contributed by atoms with E-state index in [1.54, 1.807) is 18.2 Å². The molecule has 1 N–H and O–H groups in total. The van der Waals surface area contributed by atoms with Gasteiger partial charge in [-0.3, -0.25) is 24.1 Å². The molecule has 47 heavy (non-hydrogen) atoms. The van der Waals surface area contributed by atoms with Crippen molar-refractivity contribution in [1.82, 2.24) is 4.90 Å². The van der Waals surface area contributed by atoms with Crippen LogP contribution in [-0.2, 0) is 24.6 Å². The molecular formula is C40H39NO6. The maximum atomic E-state index is 15.1. The average molecular weight is 630 g/mol. The molecule has 7 rings (SSSR count). The molecule has 0 aromatic heterocycles. The summed E-state index contributed by atoms with van der Waals surface area (Å²) >= 11 is 0. The maximum absolute atomic E-state index is 15.1. The molecule has 6 atom stereocenters. The minimum Gasteiger partial charge on any atom is -0.504 e. The summed E-state index contributed by atoms with van der Waals surface area (Å²) in [5.41, 5.74) is 1.30. The number of ether oxygens (including phenoxy) is 1. The second kappa shape index (κ2) is 11.2. The Morgan fingerprint density at radius 2 is 1.57 bits per heavy atom. The summed E-state index contributed by atoms with van der Waals surface area (Å²) in [6.45, 7) is 7.75. The molecule has 240 valence electrons. The van der Waals surface area contributed by atoms with Gasteiger partial charge in [0.15, 0.2) is 23.1 Å². The van der Waals surface area contributed by atoms with Crippen LogP contribution in [0.4, 0.5) is 0 Å². The van der Waals surface area contributed by atoms with Crippen molar-refractivity contribution in [3.63, 3.8) is 0 Å². The highest BCUT2D eigenvalue weighted by atomic mass is 16.5. The van der Waals surface area contributed by atoms with Crippen LogP contribution in [-0.4, -0.2) is 45.5 Å². The SMILES string of the molecule is CCOc1cc(C2C3=CCC4C(=O)N(C(C)(C)C)C(=O)C4C3CC3C(=O)C(c4ccccc4)=CC(=O)C32c2ccccc2)ccc1O. The summed E-state index contributed by atoms with van der Waals surface area (Å²) in [4.78, 5) is 59.5.